The van der Waals surface area contributed by atoms with E-state index in [1.807, 2.05) is 18.2 Å². The van der Waals surface area contributed by atoms with E-state index in [0.29, 0.717) is 11.8 Å². The van der Waals surface area contributed by atoms with Gasteiger partial charge >= 0.3 is 0 Å². The van der Waals surface area contributed by atoms with Crippen LogP contribution in [0.3, 0.4) is 0 Å². The molecule has 0 saturated carbocycles. The van der Waals surface area contributed by atoms with E-state index in [1.54, 1.807) is 0 Å². The number of halogens is 1. The quantitative estimate of drug-likeness (QED) is 0.530. The van der Waals surface area contributed by atoms with Gasteiger partial charge in [0, 0.05) is 11.5 Å². The number of allylic oxidation sites excluding steroid dienone is 4. The summed E-state index contributed by atoms with van der Waals surface area (Å²) in [5, 5.41) is 8.45. The van der Waals surface area contributed by atoms with Gasteiger partial charge in [-0.1, -0.05) is 12.2 Å². The van der Waals surface area contributed by atoms with E-state index in [9.17, 15) is 0 Å². The van der Waals surface area contributed by atoms with E-state index in [-0.39, 0.29) is 0 Å². The minimum absolute atomic E-state index is 0.429. The molecule has 1 aliphatic carbocycles. The van der Waals surface area contributed by atoms with Crippen molar-refractivity contribution in [2.75, 3.05) is 5.88 Å². The van der Waals surface area contributed by atoms with Crippen molar-refractivity contribution < 1.29 is 0 Å². The van der Waals surface area contributed by atoms with Gasteiger partial charge in [-0.05, 0) is 18.4 Å². The van der Waals surface area contributed by atoms with Gasteiger partial charge < -0.3 is 0 Å². The molecule has 0 heterocycles. The van der Waals surface area contributed by atoms with Crippen molar-refractivity contribution in [2.45, 2.75) is 6.42 Å². The largest absolute Gasteiger partial charge is 0.192 e. The highest BCUT2D eigenvalue weighted by Crippen LogP contribution is 2.16. The number of nitriles is 1. The molecule has 0 aromatic heterocycles. The number of rotatable bonds is 1. The third-order valence-electron chi connectivity index (χ3n) is 1.52. The highest BCUT2D eigenvalue weighted by atomic mass is 35.5. The van der Waals surface area contributed by atoms with Gasteiger partial charge in [-0.3, -0.25) is 0 Å². The van der Waals surface area contributed by atoms with Crippen LogP contribution in [0.4, 0.5) is 0 Å². The highest BCUT2D eigenvalue weighted by molar-refractivity contribution is 6.18. The molecule has 1 aliphatic rings. The monoisotopic (exact) mass is 153 g/mol. The first-order valence-corrected chi connectivity index (χ1v) is 3.74. The van der Waals surface area contributed by atoms with Crippen molar-refractivity contribution in [1.29, 1.82) is 5.26 Å². The van der Waals surface area contributed by atoms with Crippen LogP contribution in [0.1, 0.15) is 6.42 Å². The van der Waals surface area contributed by atoms with Crippen LogP contribution in [0.2, 0.25) is 0 Å². The second-order valence-electron chi connectivity index (χ2n) is 2.28. The van der Waals surface area contributed by atoms with Crippen LogP contribution in [-0.4, -0.2) is 5.88 Å². The maximum atomic E-state index is 8.45. The lowest BCUT2D eigenvalue weighted by Gasteiger charge is -2.08. The lowest BCUT2D eigenvalue weighted by Crippen LogP contribution is -1.99. The van der Waals surface area contributed by atoms with Gasteiger partial charge in [-0.15, -0.1) is 11.6 Å². The van der Waals surface area contributed by atoms with Gasteiger partial charge in [-0.2, -0.15) is 5.26 Å². The molecular weight excluding hydrogens is 146 g/mol. The molecule has 0 bridgehead atoms. The van der Waals surface area contributed by atoms with Crippen molar-refractivity contribution in [2.24, 2.45) is 5.92 Å². The maximum absolute atomic E-state index is 8.45. The second kappa shape index (κ2) is 3.43. The minimum atomic E-state index is 0.429. The SMILES string of the molecule is N#CC1=CCC(CCl)C=C1. The molecule has 1 unspecified atom stereocenters. The zero-order valence-electron chi connectivity index (χ0n) is 5.55. The molecule has 1 atom stereocenters. The average Bonchev–Trinajstić information content (AvgIpc) is 2.05. The fourth-order valence-corrected chi connectivity index (χ4v) is 1.09. The molecule has 0 aromatic rings. The first kappa shape index (κ1) is 7.37. The molecule has 0 spiro atoms. The van der Waals surface area contributed by atoms with Gasteiger partial charge in [0.2, 0.25) is 0 Å². The van der Waals surface area contributed by atoms with Crippen molar-refractivity contribution in [3.05, 3.63) is 23.8 Å². The van der Waals surface area contributed by atoms with E-state index < -0.39 is 0 Å². The molecule has 0 amide bonds. The number of nitrogens with zero attached hydrogens (tertiary/aromatic N) is 1. The van der Waals surface area contributed by atoms with E-state index in [1.165, 1.54) is 0 Å². The summed E-state index contributed by atoms with van der Waals surface area (Å²) in [5.74, 6) is 1.07. The Bertz CT molecular complexity index is 210. The molecule has 2 heteroatoms. The molecule has 1 rings (SSSR count). The Morgan fingerprint density at radius 1 is 1.80 bits per heavy atom. The molecule has 0 aromatic carbocycles. The van der Waals surface area contributed by atoms with Crippen LogP contribution < -0.4 is 0 Å². The van der Waals surface area contributed by atoms with Crippen molar-refractivity contribution >= 4 is 11.6 Å². The molecule has 0 radical (unpaired) electrons. The Balaban J connectivity index is 2.57. The predicted molar refractivity (Wildman–Crippen MR) is 41.7 cm³/mol. The van der Waals surface area contributed by atoms with E-state index in [0.717, 1.165) is 12.0 Å². The van der Waals surface area contributed by atoms with Gasteiger partial charge in [0.25, 0.3) is 0 Å². The van der Waals surface area contributed by atoms with Gasteiger partial charge in [0.05, 0.1) is 6.07 Å². The van der Waals surface area contributed by atoms with Crippen LogP contribution in [-0.2, 0) is 0 Å². The normalized spacial score (nSPS) is 23.6. The molecule has 52 valence electrons. The van der Waals surface area contributed by atoms with E-state index in [4.69, 9.17) is 16.9 Å². The summed E-state index contributed by atoms with van der Waals surface area (Å²) in [5.41, 5.74) is 0.751. The van der Waals surface area contributed by atoms with Gasteiger partial charge in [0.15, 0.2) is 0 Å². The lowest BCUT2D eigenvalue weighted by molar-refractivity contribution is 0.741. The zero-order chi connectivity index (χ0) is 7.40. The molecular formula is C8H8ClN. The van der Waals surface area contributed by atoms with Gasteiger partial charge in [-0.25, -0.2) is 0 Å². The lowest BCUT2D eigenvalue weighted by atomic mass is 9.99. The number of alkyl halides is 1. The summed E-state index contributed by atoms with van der Waals surface area (Å²) in [7, 11) is 0. The topological polar surface area (TPSA) is 23.8 Å². The standard InChI is InChI=1S/C8H8ClN/c9-5-7-1-3-8(6-10)4-2-7/h1,3-4,7H,2,5H2. The van der Waals surface area contributed by atoms with E-state index in [2.05, 4.69) is 6.07 Å². The zero-order valence-corrected chi connectivity index (χ0v) is 6.30. The van der Waals surface area contributed by atoms with Crippen LogP contribution in [0.15, 0.2) is 23.8 Å². The first-order chi connectivity index (χ1) is 4.86. The Morgan fingerprint density at radius 2 is 2.60 bits per heavy atom. The van der Waals surface area contributed by atoms with Crippen LogP contribution in [0.25, 0.3) is 0 Å². The fourth-order valence-electron chi connectivity index (χ4n) is 0.862. The summed E-state index contributed by atoms with van der Waals surface area (Å²) in [4.78, 5) is 0. The summed E-state index contributed by atoms with van der Waals surface area (Å²) >= 11 is 5.61. The van der Waals surface area contributed by atoms with Crippen molar-refractivity contribution in [1.82, 2.24) is 0 Å². The maximum Gasteiger partial charge on any atom is 0.0988 e. The Hall–Kier alpha value is -0.740. The average molecular weight is 154 g/mol. The summed E-state index contributed by atoms with van der Waals surface area (Å²) in [6.07, 6.45) is 6.65. The Kier molecular flexibility index (Phi) is 2.53. The predicted octanol–water partition coefficient (Wildman–Crippen LogP) is 2.25. The molecule has 0 saturated heterocycles. The van der Waals surface area contributed by atoms with Gasteiger partial charge in [0.1, 0.15) is 0 Å². The molecule has 0 fully saturated rings. The Labute approximate surface area is 65.6 Å². The first-order valence-electron chi connectivity index (χ1n) is 3.21. The summed E-state index contributed by atoms with van der Waals surface area (Å²) in [6, 6.07) is 2.08. The minimum Gasteiger partial charge on any atom is -0.192 e. The molecule has 1 nitrogen and oxygen atoms in total. The molecule has 10 heavy (non-hydrogen) atoms. The molecule has 0 N–H and O–H groups in total. The van der Waals surface area contributed by atoms with Crippen LogP contribution in [0, 0.1) is 17.2 Å². The van der Waals surface area contributed by atoms with Crippen molar-refractivity contribution in [3.8, 4) is 6.07 Å². The third-order valence-corrected chi connectivity index (χ3v) is 1.91. The van der Waals surface area contributed by atoms with Crippen LogP contribution >= 0.6 is 11.6 Å². The molecule has 0 aliphatic heterocycles. The smallest absolute Gasteiger partial charge is 0.0988 e. The van der Waals surface area contributed by atoms with Crippen molar-refractivity contribution in [3.63, 3.8) is 0 Å². The summed E-state index contributed by atoms with van der Waals surface area (Å²) in [6.45, 7) is 0. The Morgan fingerprint density at radius 3 is 3.00 bits per heavy atom. The number of hydrogen-bond acceptors (Lipinski definition) is 1. The van der Waals surface area contributed by atoms with E-state index >= 15 is 0 Å². The summed E-state index contributed by atoms with van der Waals surface area (Å²) < 4.78 is 0. The second-order valence-corrected chi connectivity index (χ2v) is 2.59. The third kappa shape index (κ3) is 1.62. The number of hydrogen-bond donors (Lipinski definition) is 0. The van der Waals surface area contributed by atoms with Crippen LogP contribution in [0.5, 0.6) is 0 Å². The fraction of sp³-hybridized carbons (Fsp3) is 0.375. The highest BCUT2D eigenvalue weighted by Gasteiger charge is 2.05.